The van der Waals surface area contributed by atoms with Gasteiger partial charge in [-0.1, -0.05) is 12.8 Å². The van der Waals surface area contributed by atoms with Gasteiger partial charge in [0.05, 0.1) is 19.8 Å². The van der Waals surface area contributed by atoms with Crippen LogP contribution in [0.4, 0.5) is 0 Å². The molecule has 0 spiro atoms. The van der Waals surface area contributed by atoms with Crippen molar-refractivity contribution in [2.45, 2.75) is 49.6 Å². The number of carbonyl (C=O) groups excluding carboxylic acids is 1. The molecule has 1 aliphatic carbocycles. The molecule has 2 rings (SSSR count). The minimum atomic E-state index is -3.77. The molecule has 8 heteroatoms. The Kier molecular flexibility index (Phi) is 7.02. The summed E-state index contributed by atoms with van der Waals surface area (Å²) in [5, 5.41) is 0. The number of nitrogens with zero attached hydrogens (tertiary/aromatic N) is 1. The number of amides is 1. The Hall–Kier alpha value is -1.64. The Balaban J connectivity index is 2.31. The highest BCUT2D eigenvalue weighted by Crippen LogP contribution is 2.27. The van der Waals surface area contributed by atoms with Crippen LogP contribution in [0.5, 0.6) is 5.75 Å². The molecule has 1 aromatic rings. The predicted octanol–water partition coefficient (Wildman–Crippen LogP) is 2.02. The van der Waals surface area contributed by atoms with Crippen LogP contribution in [0.25, 0.3) is 0 Å². The fourth-order valence-corrected chi connectivity index (χ4v) is 4.60. The van der Waals surface area contributed by atoms with Gasteiger partial charge in [-0.05, 0) is 38.0 Å². The number of sulfonamides is 1. The van der Waals surface area contributed by atoms with Gasteiger partial charge in [0.2, 0.25) is 10.0 Å². The zero-order valence-corrected chi connectivity index (χ0v) is 16.6. The minimum absolute atomic E-state index is 0.00876. The van der Waals surface area contributed by atoms with Gasteiger partial charge >= 0.3 is 0 Å². The van der Waals surface area contributed by atoms with Crippen molar-refractivity contribution in [1.29, 1.82) is 0 Å². The Bertz CT molecular complexity index is 729. The van der Waals surface area contributed by atoms with Crippen molar-refractivity contribution in [2.24, 2.45) is 0 Å². The number of hydrogen-bond donors (Lipinski definition) is 1. The van der Waals surface area contributed by atoms with Gasteiger partial charge in [-0.15, -0.1) is 0 Å². The van der Waals surface area contributed by atoms with Gasteiger partial charge in [0, 0.05) is 25.8 Å². The smallest absolute Gasteiger partial charge is 0.253 e. The molecule has 0 heterocycles. The molecule has 1 N–H and O–H groups in total. The minimum Gasteiger partial charge on any atom is -0.495 e. The molecule has 1 aliphatic rings. The quantitative estimate of drug-likeness (QED) is 0.741. The summed E-state index contributed by atoms with van der Waals surface area (Å²) in [5.74, 6) is -0.0471. The van der Waals surface area contributed by atoms with Crippen LogP contribution < -0.4 is 9.46 Å². The molecule has 0 bridgehead atoms. The lowest BCUT2D eigenvalue weighted by atomic mass is 10.1. The monoisotopic (exact) mass is 384 g/mol. The topological polar surface area (TPSA) is 84.9 Å². The van der Waals surface area contributed by atoms with E-state index in [0.29, 0.717) is 12.2 Å². The Morgan fingerprint density at radius 1 is 1.31 bits per heavy atom. The maximum Gasteiger partial charge on any atom is 0.253 e. The lowest BCUT2D eigenvalue weighted by molar-refractivity contribution is 0.0633. The molecule has 0 aromatic heterocycles. The molecule has 1 saturated carbocycles. The summed E-state index contributed by atoms with van der Waals surface area (Å²) in [6.07, 6.45) is 3.70. The third-order valence-corrected chi connectivity index (χ3v) is 6.31. The fraction of sp³-hybridized carbons (Fsp3) is 0.611. The van der Waals surface area contributed by atoms with E-state index in [1.165, 1.54) is 24.1 Å². The van der Waals surface area contributed by atoms with Crippen LogP contribution in [-0.2, 0) is 14.8 Å². The first kappa shape index (κ1) is 20.7. The third kappa shape index (κ3) is 4.75. The van der Waals surface area contributed by atoms with Crippen molar-refractivity contribution in [1.82, 2.24) is 9.62 Å². The Labute approximate surface area is 155 Å². The van der Waals surface area contributed by atoms with Crippen LogP contribution >= 0.6 is 0 Å². The van der Waals surface area contributed by atoms with Crippen LogP contribution in [0, 0.1) is 0 Å². The van der Waals surface area contributed by atoms with Gasteiger partial charge in [-0.2, -0.15) is 0 Å². The van der Waals surface area contributed by atoms with Crippen molar-refractivity contribution < 1.29 is 22.7 Å². The Morgan fingerprint density at radius 2 is 1.96 bits per heavy atom. The van der Waals surface area contributed by atoms with Crippen LogP contribution in [0.15, 0.2) is 23.1 Å². The first-order valence-corrected chi connectivity index (χ1v) is 10.2. The van der Waals surface area contributed by atoms with E-state index in [2.05, 4.69) is 4.72 Å². The maximum atomic E-state index is 12.8. The maximum absolute atomic E-state index is 12.8. The predicted molar refractivity (Wildman–Crippen MR) is 99.0 cm³/mol. The average Bonchev–Trinajstić information content (AvgIpc) is 3.12. The van der Waals surface area contributed by atoms with Gasteiger partial charge in [-0.3, -0.25) is 4.79 Å². The van der Waals surface area contributed by atoms with Crippen LogP contribution in [0.1, 0.15) is 43.0 Å². The fourth-order valence-electron chi connectivity index (χ4n) is 3.10. The van der Waals surface area contributed by atoms with E-state index in [9.17, 15) is 13.2 Å². The van der Waals surface area contributed by atoms with E-state index in [1.807, 2.05) is 6.92 Å². The number of likely N-dealkylation sites (N-methyl/N-ethyl adjacent to an activating group) is 1. The van der Waals surface area contributed by atoms with E-state index in [0.717, 1.165) is 25.7 Å². The summed E-state index contributed by atoms with van der Waals surface area (Å²) in [6, 6.07) is 4.28. The van der Waals surface area contributed by atoms with E-state index < -0.39 is 10.0 Å². The Morgan fingerprint density at radius 3 is 2.54 bits per heavy atom. The number of methoxy groups -OCH3 is 2. The SMILES string of the molecule is COC[C@H](C)N(C)C(=O)c1ccc(OC)c(S(=O)(=O)NC2CCCC2)c1. The normalized spacial score (nSPS) is 16.5. The number of ether oxygens (including phenoxy) is 2. The molecule has 0 radical (unpaired) electrons. The van der Waals surface area contributed by atoms with Crippen molar-refractivity contribution in [3.63, 3.8) is 0 Å². The van der Waals surface area contributed by atoms with Crippen LogP contribution in [0.3, 0.4) is 0 Å². The number of hydrogen-bond acceptors (Lipinski definition) is 5. The molecular formula is C18H28N2O5S. The summed E-state index contributed by atoms with van der Waals surface area (Å²) in [6.45, 7) is 2.26. The first-order chi connectivity index (χ1) is 12.3. The lowest BCUT2D eigenvalue weighted by Crippen LogP contribution is -2.38. The number of nitrogens with one attached hydrogen (secondary N) is 1. The second-order valence-electron chi connectivity index (χ2n) is 6.69. The van der Waals surface area contributed by atoms with Gasteiger partial charge in [0.1, 0.15) is 10.6 Å². The summed E-state index contributed by atoms with van der Waals surface area (Å²) in [7, 11) is 0.885. The first-order valence-electron chi connectivity index (χ1n) is 8.76. The number of carbonyl (C=O) groups is 1. The molecule has 0 unspecified atom stereocenters. The summed E-state index contributed by atoms with van der Waals surface area (Å²) >= 11 is 0. The van der Waals surface area contributed by atoms with Gasteiger partial charge in [-0.25, -0.2) is 13.1 Å². The molecule has 146 valence electrons. The molecule has 1 aromatic carbocycles. The number of benzene rings is 1. The molecular weight excluding hydrogens is 356 g/mol. The highest BCUT2D eigenvalue weighted by atomic mass is 32.2. The van der Waals surface area contributed by atoms with Crippen molar-refractivity contribution >= 4 is 15.9 Å². The van der Waals surface area contributed by atoms with E-state index in [4.69, 9.17) is 9.47 Å². The van der Waals surface area contributed by atoms with E-state index in [-0.39, 0.29) is 28.6 Å². The highest BCUT2D eigenvalue weighted by Gasteiger charge is 2.27. The van der Waals surface area contributed by atoms with Crippen molar-refractivity contribution in [3.05, 3.63) is 23.8 Å². The molecule has 1 atom stereocenters. The van der Waals surface area contributed by atoms with Gasteiger partial charge < -0.3 is 14.4 Å². The molecule has 1 fully saturated rings. The third-order valence-electron chi connectivity index (χ3n) is 4.77. The summed E-state index contributed by atoms with van der Waals surface area (Å²) in [5.41, 5.74) is 0.294. The molecule has 0 aliphatic heterocycles. The molecule has 7 nitrogen and oxygen atoms in total. The molecule has 0 saturated heterocycles. The van der Waals surface area contributed by atoms with Crippen LogP contribution in [-0.4, -0.2) is 59.2 Å². The lowest BCUT2D eigenvalue weighted by Gasteiger charge is -2.24. The molecule has 26 heavy (non-hydrogen) atoms. The average molecular weight is 384 g/mol. The largest absolute Gasteiger partial charge is 0.495 e. The highest BCUT2D eigenvalue weighted by molar-refractivity contribution is 7.89. The summed E-state index contributed by atoms with van der Waals surface area (Å²) < 4.78 is 38.7. The van der Waals surface area contributed by atoms with Crippen molar-refractivity contribution in [2.75, 3.05) is 27.9 Å². The number of rotatable bonds is 8. The molecule has 1 amide bonds. The summed E-state index contributed by atoms with van der Waals surface area (Å²) in [4.78, 5) is 14.2. The van der Waals surface area contributed by atoms with Gasteiger partial charge in [0.25, 0.3) is 5.91 Å². The zero-order valence-electron chi connectivity index (χ0n) is 15.8. The standard InChI is InChI=1S/C18H28N2O5S/c1-13(12-24-3)20(2)18(21)14-9-10-16(25-4)17(11-14)26(22,23)19-15-7-5-6-8-15/h9-11,13,15,19H,5-8,12H2,1-4H3/t13-/m0/s1. The zero-order chi connectivity index (χ0) is 19.3. The van der Waals surface area contributed by atoms with E-state index >= 15 is 0 Å². The second-order valence-corrected chi connectivity index (χ2v) is 8.37. The van der Waals surface area contributed by atoms with Gasteiger partial charge in [0.15, 0.2) is 0 Å². The van der Waals surface area contributed by atoms with E-state index in [1.54, 1.807) is 20.2 Å². The van der Waals surface area contributed by atoms with Crippen molar-refractivity contribution in [3.8, 4) is 5.75 Å². The second kappa shape index (κ2) is 8.83. The van der Waals surface area contributed by atoms with Crippen LogP contribution in [0.2, 0.25) is 0 Å².